The molecule has 0 saturated heterocycles. The minimum absolute atomic E-state index is 0.521. The molecule has 1 N–H and O–H groups in total. The van der Waals surface area contributed by atoms with Crippen LogP contribution in [0.2, 0.25) is 0 Å². The zero-order chi connectivity index (χ0) is 10.8. The SMILES string of the molecule is CCC(C)n1cc(CNC)c(C2CC2)n1. The van der Waals surface area contributed by atoms with E-state index in [4.69, 9.17) is 5.10 Å². The first kappa shape index (κ1) is 10.7. The molecule has 1 fully saturated rings. The third-order valence-corrected chi connectivity index (χ3v) is 3.21. The molecule has 1 saturated carbocycles. The van der Waals surface area contributed by atoms with E-state index in [0.29, 0.717) is 6.04 Å². The zero-order valence-electron chi connectivity index (χ0n) is 9.95. The molecule has 0 aliphatic heterocycles. The minimum Gasteiger partial charge on any atom is -0.316 e. The summed E-state index contributed by atoms with van der Waals surface area (Å²) in [4.78, 5) is 0. The van der Waals surface area contributed by atoms with Crippen LogP contribution in [-0.4, -0.2) is 16.8 Å². The van der Waals surface area contributed by atoms with Gasteiger partial charge in [0.15, 0.2) is 0 Å². The first-order valence-corrected chi connectivity index (χ1v) is 5.98. The van der Waals surface area contributed by atoms with Gasteiger partial charge in [0.1, 0.15) is 0 Å². The van der Waals surface area contributed by atoms with Gasteiger partial charge < -0.3 is 5.32 Å². The quantitative estimate of drug-likeness (QED) is 0.803. The molecule has 1 aromatic rings. The molecule has 1 heterocycles. The second-order valence-corrected chi connectivity index (χ2v) is 4.58. The summed E-state index contributed by atoms with van der Waals surface area (Å²) in [6.45, 7) is 5.38. The van der Waals surface area contributed by atoms with Crippen molar-refractivity contribution in [2.75, 3.05) is 7.05 Å². The molecule has 2 rings (SSSR count). The van der Waals surface area contributed by atoms with Crippen LogP contribution in [-0.2, 0) is 6.54 Å². The maximum Gasteiger partial charge on any atom is 0.0700 e. The van der Waals surface area contributed by atoms with Gasteiger partial charge in [-0.25, -0.2) is 0 Å². The highest BCUT2D eigenvalue weighted by atomic mass is 15.3. The molecule has 1 atom stereocenters. The Morgan fingerprint density at radius 2 is 2.33 bits per heavy atom. The van der Waals surface area contributed by atoms with E-state index in [1.165, 1.54) is 24.1 Å². The van der Waals surface area contributed by atoms with Gasteiger partial charge >= 0.3 is 0 Å². The van der Waals surface area contributed by atoms with Crippen LogP contribution in [0.1, 0.15) is 56.3 Å². The van der Waals surface area contributed by atoms with Crippen molar-refractivity contribution in [2.24, 2.45) is 0 Å². The minimum atomic E-state index is 0.521. The molecule has 3 heteroatoms. The van der Waals surface area contributed by atoms with Crippen LogP contribution < -0.4 is 5.32 Å². The van der Waals surface area contributed by atoms with Crippen molar-refractivity contribution < 1.29 is 0 Å². The maximum atomic E-state index is 4.74. The molecule has 0 spiro atoms. The fourth-order valence-corrected chi connectivity index (χ4v) is 1.88. The Morgan fingerprint density at radius 3 is 2.87 bits per heavy atom. The van der Waals surface area contributed by atoms with Gasteiger partial charge in [-0.2, -0.15) is 5.10 Å². The smallest absolute Gasteiger partial charge is 0.0700 e. The Hall–Kier alpha value is -0.830. The molecule has 0 bridgehead atoms. The van der Waals surface area contributed by atoms with Gasteiger partial charge in [-0.05, 0) is 33.2 Å². The van der Waals surface area contributed by atoms with E-state index in [1.807, 2.05) is 7.05 Å². The van der Waals surface area contributed by atoms with Gasteiger partial charge in [-0.1, -0.05) is 6.92 Å². The number of rotatable bonds is 5. The second-order valence-electron chi connectivity index (χ2n) is 4.58. The molecular weight excluding hydrogens is 186 g/mol. The average Bonchev–Trinajstić information content (AvgIpc) is 3.00. The van der Waals surface area contributed by atoms with Crippen molar-refractivity contribution in [3.05, 3.63) is 17.5 Å². The standard InChI is InChI=1S/C12H21N3/c1-4-9(2)15-8-11(7-13-3)12(14-15)10-5-6-10/h8-10,13H,4-7H2,1-3H3. The summed E-state index contributed by atoms with van der Waals surface area (Å²) in [6, 6.07) is 0.521. The highest BCUT2D eigenvalue weighted by Crippen LogP contribution is 2.41. The molecule has 84 valence electrons. The van der Waals surface area contributed by atoms with Crippen molar-refractivity contribution in [2.45, 2.75) is 51.6 Å². The van der Waals surface area contributed by atoms with Crippen LogP contribution in [0.15, 0.2) is 6.20 Å². The van der Waals surface area contributed by atoms with Crippen molar-refractivity contribution in [1.29, 1.82) is 0 Å². The van der Waals surface area contributed by atoms with Crippen LogP contribution >= 0.6 is 0 Å². The predicted octanol–water partition coefficient (Wildman–Crippen LogP) is 2.45. The summed E-state index contributed by atoms with van der Waals surface area (Å²) in [6.07, 6.45) is 6.02. The van der Waals surface area contributed by atoms with E-state index in [1.54, 1.807) is 0 Å². The van der Waals surface area contributed by atoms with Crippen molar-refractivity contribution in [3.8, 4) is 0 Å². The van der Waals surface area contributed by atoms with Crippen LogP contribution in [0.4, 0.5) is 0 Å². The molecule has 1 unspecified atom stereocenters. The maximum absolute atomic E-state index is 4.74. The number of hydrogen-bond donors (Lipinski definition) is 1. The molecule has 0 amide bonds. The van der Waals surface area contributed by atoms with E-state index in [2.05, 4.69) is 30.0 Å². The largest absolute Gasteiger partial charge is 0.316 e. The Bertz CT molecular complexity index is 326. The topological polar surface area (TPSA) is 29.9 Å². The summed E-state index contributed by atoms with van der Waals surface area (Å²) in [5.74, 6) is 0.749. The lowest BCUT2D eigenvalue weighted by Crippen LogP contribution is -2.06. The number of nitrogens with zero attached hydrogens (tertiary/aromatic N) is 2. The highest BCUT2D eigenvalue weighted by Gasteiger charge is 2.29. The Morgan fingerprint density at radius 1 is 1.60 bits per heavy atom. The summed E-state index contributed by atoms with van der Waals surface area (Å²) in [5.41, 5.74) is 2.73. The van der Waals surface area contributed by atoms with Gasteiger partial charge in [0.2, 0.25) is 0 Å². The van der Waals surface area contributed by atoms with Crippen LogP contribution in [0.3, 0.4) is 0 Å². The Kier molecular flexibility index (Phi) is 3.10. The lowest BCUT2D eigenvalue weighted by molar-refractivity contribution is 0.473. The first-order valence-electron chi connectivity index (χ1n) is 5.98. The number of nitrogens with one attached hydrogen (secondary N) is 1. The lowest BCUT2D eigenvalue weighted by Gasteiger charge is -2.07. The van der Waals surface area contributed by atoms with E-state index in [0.717, 1.165) is 18.9 Å². The van der Waals surface area contributed by atoms with Crippen molar-refractivity contribution in [3.63, 3.8) is 0 Å². The monoisotopic (exact) mass is 207 g/mol. The second kappa shape index (κ2) is 4.35. The Labute approximate surface area is 91.9 Å². The molecule has 1 aromatic heterocycles. The summed E-state index contributed by atoms with van der Waals surface area (Å²) in [5, 5.41) is 7.96. The summed E-state index contributed by atoms with van der Waals surface area (Å²) in [7, 11) is 2.00. The summed E-state index contributed by atoms with van der Waals surface area (Å²) < 4.78 is 2.14. The normalized spacial score (nSPS) is 18.1. The third kappa shape index (κ3) is 2.23. The predicted molar refractivity (Wildman–Crippen MR) is 62.0 cm³/mol. The van der Waals surface area contributed by atoms with Crippen LogP contribution in [0.25, 0.3) is 0 Å². The molecule has 3 nitrogen and oxygen atoms in total. The fourth-order valence-electron chi connectivity index (χ4n) is 1.88. The number of hydrogen-bond acceptors (Lipinski definition) is 2. The highest BCUT2D eigenvalue weighted by molar-refractivity contribution is 5.25. The number of aromatic nitrogens is 2. The van der Waals surface area contributed by atoms with Crippen molar-refractivity contribution >= 4 is 0 Å². The van der Waals surface area contributed by atoms with E-state index < -0.39 is 0 Å². The summed E-state index contributed by atoms with van der Waals surface area (Å²) >= 11 is 0. The molecule has 0 aromatic carbocycles. The van der Waals surface area contributed by atoms with Crippen LogP contribution in [0, 0.1) is 0 Å². The zero-order valence-corrected chi connectivity index (χ0v) is 9.95. The van der Waals surface area contributed by atoms with Gasteiger partial charge in [0.25, 0.3) is 0 Å². The first-order chi connectivity index (χ1) is 7.26. The Balaban J connectivity index is 2.22. The molecule has 0 radical (unpaired) electrons. The fraction of sp³-hybridized carbons (Fsp3) is 0.750. The van der Waals surface area contributed by atoms with Crippen molar-refractivity contribution in [1.82, 2.24) is 15.1 Å². The molecule has 15 heavy (non-hydrogen) atoms. The van der Waals surface area contributed by atoms with E-state index in [-0.39, 0.29) is 0 Å². The third-order valence-electron chi connectivity index (χ3n) is 3.21. The van der Waals surface area contributed by atoms with Crippen LogP contribution in [0.5, 0.6) is 0 Å². The van der Waals surface area contributed by atoms with E-state index >= 15 is 0 Å². The van der Waals surface area contributed by atoms with Gasteiger partial charge in [-0.15, -0.1) is 0 Å². The van der Waals surface area contributed by atoms with E-state index in [9.17, 15) is 0 Å². The van der Waals surface area contributed by atoms with Gasteiger partial charge in [0, 0.05) is 30.3 Å². The van der Waals surface area contributed by atoms with Gasteiger partial charge in [0.05, 0.1) is 5.69 Å². The lowest BCUT2D eigenvalue weighted by atomic mass is 10.2. The van der Waals surface area contributed by atoms with Gasteiger partial charge in [-0.3, -0.25) is 4.68 Å². The molecule has 1 aliphatic rings. The average molecular weight is 207 g/mol. The molecular formula is C12H21N3. The molecule has 1 aliphatic carbocycles.